The van der Waals surface area contributed by atoms with Crippen LogP contribution in [0, 0.1) is 0 Å². The molecule has 5 nitrogen and oxygen atoms in total. The van der Waals surface area contributed by atoms with Gasteiger partial charge in [0.15, 0.2) is 10.8 Å². The summed E-state index contributed by atoms with van der Waals surface area (Å²) in [6.45, 7) is 2.43. The first-order chi connectivity index (χ1) is 10.6. The van der Waals surface area contributed by atoms with Crippen LogP contribution in [0.1, 0.15) is 11.8 Å². The fraction of sp³-hybridized carbons (Fsp3) is 0.214. The lowest BCUT2D eigenvalue weighted by Gasteiger charge is -2.09. The van der Waals surface area contributed by atoms with Gasteiger partial charge >= 0.3 is 0 Å². The number of thioether (sulfide) groups is 1. The molecular weight excluding hydrogens is 384 g/mol. The van der Waals surface area contributed by atoms with Gasteiger partial charge in [0.05, 0.1) is 17.3 Å². The molecule has 0 radical (unpaired) electrons. The Labute approximate surface area is 144 Å². The van der Waals surface area contributed by atoms with Crippen LogP contribution in [0.25, 0.3) is 11.2 Å². The Kier molecular flexibility index (Phi) is 4.80. The van der Waals surface area contributed by atoms with Gasteiger partial charge in [-0.1, -0.05) is 17.8 Å². The lowest BCUT2D eigenvalue weighted by Crippen LogP contribution is -2.30. The summed E-state index contributed by atoms with van der Waals surface area (Å²) in [5, 5.41) is 5.39. The lowest BCUT2D eigenvalue weighted by atomic mass is 10.4. The minimum atomic E-state index is -0.232. The first-order valence-corrected chi connectivity index (χ1v) is 9.15. The molecule has 0 unspecified atom stereocenters. The maximum absolute atomic E-state index is 12.1. The molecule has 0 fully saturated rings. The van der Waals surface area contributed by atoms with Crippen molar-refractivity contribution in [1.29, 1.82) is 0 Å². The molecule has 0 bridgehead atoms. The van der Waals surface area contributed by atoms with E-state index in [4.69, 9.17) is 0 Å². The molecule has 3 aromatic rings. The van der Waals surface area contributed by atoms with E-state index in [9.17, 15) is 4.79 Å². The summed E-state index contributed by atoms with van der Waals surface area (Å²) in [5.74, 6) is -0.00649. The summed E-state index contributed by atoms with van der Waals surface area (Å²) >= 11 is 6.40. The van der Waals surface area contributed by atoms with E-state index in [1.807, 2.05) is 30.5 Å². The Morgan fingerprint density at radius 3 is 3.23 bits per heavy atom. The van der Waals surface area contributed by atoms with Crippen LogP contribution >= 0.6 is 39.0 Å². The minimum Gasteiger partial charge on any atom is -0.350 e. The molecule has 0 spiro atoms. The van der Waals surface area contributed by atoms with Crippen LogP contribution in [-0.2, 0) is 11.3 Å². The number of hydrogen-bond acceptors (Lipinski definition) is 5. The van der Waals surface area contributed by atoms with Crippen LogP contribution in [0.4, 0.5) is 0 Å². The second-order valence-corrected chi connectivity index (χ2v) is 7.90. The zero-order valence-electron chi connectivity index (χ0n) is 11.7. The number of aromatic nitrogens is 3. The molecule has 3 heterocycles. The van der Waals surface area contributed by atoms with E-state index in [0.717, 1.165) is 14.9 Å². The average molecular weight is 397 g/mol. The number of carbonyl (C=O) groups excluding carboxylic acids is 1. The summed E-state index contributed by atoms with van der Waals surface area (Å²) in [7, 11) is 0. The number of fused-ring (bicyclic) bond motifs is 1. The highest BCUT2D eigenvalue weighted by Crippen LogP contribution is 2.24. The molecule has 22 heavy (non-hydrogen) atoms. The lowest BCUT2D eigenvalue weighted by molar-refractivity contribution is -0.120. The second-order valence-electron chi connectivity index (χ2n) is 4.62. The second kappa shape index (κ2) is 6.80. The number of aromatic amines is 1. The van der Waals surface area contributed by atoms with Gasteiger partial charge in [-0.2, -0.15) is 0 Å². The van der Waals surface area contributed by atoms with Crippen molar-refractivity contribution in [3.63, 3.8) is 0 Å². The highest BCUT2D eigenvalue weighted by molar-refractivity contribution is 9.10. The number of nitrogens with zero attached hydrogens (tertiary/aromatic N) is 2. The molecule has 1 atom stereocenters. The number of carbonyl (C=O) groups is 1. The van der Waals surface area contributed by atoms with Crippen LogP contribution in [0.3, 0.4) is 0 Å². The third-order valence-corrected chi connectivity index (χ3v) is 5.25. The highest BCUT2D eigenvalue weighted by atomic mass is 79.9. The van der Waals surface area contributed by atoms with E-state index in [-0.39, 0.29) is 11.2 Å². The van der Waals surface area contributed by atoms with Crippen molar-refractivity contribution in [3.8, 4) is 0 Å². The van der Waals surface area contributed by atoms with Crippen molar-refractivity contribution < 1.29 is 4.79 Å². The Balaban J connectivity index is 1.61. The third kappa shape index (κ3) is 3.68. The first kappa shape index (κ1) is 15.5. The van der Waals surface area contributed by atoms with Crippen molar-refractivity contribution in [2.24, 2.45) is 0 Å². The molecule has 114 valence electrons. The molecule has 8 heteroatoms. The van der Waals surface area contributed by atoms with E-state index in [1.54, 1.807) is 17.5 Å². The van der Waals surface area contributed by atoms with Crippen LogP contribution in [-0.4, -0.2) is 26.1 Å². The van der Waals surface area contributed by atoms with Crippen molar-refractivity contribution in [2.45, 2.75) is 23.9 Å². The van der Waals surface area contributed by atoms with Crippen molar-refractivity contribution >= 4 is 56.1 Å². The molecule has 0 aliphatic carbocycles. The maximum atomic E-state index is 12.1. The Hall–Kier alpha value is -1.38. The summed E-state index contributed by atoms with van der Waals surface area (Å²) in [6, 6.07) is 5.90. The normalized spacial score (nSPS) is 12.5. The molecule has 0 aliphatic heterocycles. The van der Waals surface area contributed by atoms with E-state index < -0.39 is 0 Å². The number of imidazole rings is 1. The van der Waals surface area contributed by atoms with Gasteiger partial charge in [-0.15, -0.1) is 11.3 Å². The molecule has 2 N–H and O–H groups in total. The third-order valence-electron chi connectivity index (χ3n) is 2.96. The van der Waals surface area contributed by atoms with Crippen LogP contribution in [0.5, 0.6) is 0 Å². The quantitative estimate of drug-likeness (QED) is 0.646. The van der Waals surface area contributed by atoms with Gasteiger partial charge in [0.25, 0.3) is 0 Å². The molecular formula is C14H13BrN4OS2. The van der Waals surface area contributed by atoms with E-state index in [2.05, 4.69) is 36.2 Å². The largest absolute Gasteiger partial charge is 0.350 e. The monoisotopic (exact) mass is 396 g/mol. The Morgan fingerprint density at radius 2 is 2.45 bits per heavy atom. The SMILES string of the molecule is C[C@H](Sc1nc2ncc(Br)cc2[nH]1)C(=O)NCc1cccs1. The van der Waals surface area contributed by atoms with Crippen LogP contribution in [0.2, 0.25) is 0 Å². The van der Waals surface area contributed by atoms with Gasteiger partial charge in [0, 0.05) is 15.5 Å². The number of pyridine rings is 1. The maximum Gasteiger partial charge on any atom is 0.233 e. The zero-order valence-corrected chi connectivity index (χ0v) is 14.9. The number of nitrogens with one attached hydrogen (secondary N) is 2. The van der Waals surface area contributed by atoms with E-state index >= 15 is 0 Å². The smallest absolute Gasteiger partial charge is 0.233 e. The fourth-order valence-corrected chi connectivity index (χ4v) is 3.67. The zero-order chi connectivity index (χ0) is 15.5. The summed E-state index contributed by atoms with van der Waals surface area (Å²) in [4.78, 5) is 25.0. The van der Waals surface area contributed by atoms with Crippen LogP contribution < -0.4 is 5.32 Å². The fourth-order valence-electron chi connectivity index (χ4n) is 1.86. The topological polar surface area (TPSA) is 70.7 Å². The Morgan fingerprint density at radius 1 is 1.59 bits per heavy atom. The molecule has 0 aliphatic rings. The van der Waals surface area contributed by atoms with Crippen molar-refractivity contribution in [1.82, 2.24) is 20.3 Å². The number of hydrogen-bond donors (Lipinski definition) is 2. The van der Waals surface area contributed by atoms with Gasteiger partial charge < -0.3 is 10.3 Å². The Bertz CT molecular complexity index is 787. The van der Waals surface area contributed by atoms with Gasteiger partial charge in [0.2, 0.25) is 5.91 Å². The molecule has 0 saturated carbocycles. The summed E-state index contributed by atoms with van der Waals surface area (Å²) in [5.41, 5.74) is 1.50. The number of rotatable bonds is 5. The number of amides is 1. The summed E-state index contributed by atoms with van der Waals surface area (Å²) < 4.78 is 0.891. The number of H-pyrrole nitrogens is 1. The van der Waals surface area contributed by atoms with Gasteiger partial charge in [0.1, 0.15) is 0 Å². The molecule has 1 amide bonds. The molecule has 3 rings (SSSR count). The van der Waals surface area contributed by atoms with Crippen LogP contribution in [0.15, 0.2) is 39.4 Å². The summed E-state index contributed by atoms with van der Waals surface area (Å²) in [6.07, 6.45) is 1.70. The van der Waals surface area contributed by atoms with Gasteiger partial charge in [-0.25, -0.2) is 9.97 Å². The van der Waals surface area contributed by atoms with E-state index in [1.165, 1.54) is 11.8 Å². The predicted molar refractivity (Wildman–Crippen MR) is 93.1 cm³/mol. The average Bonchev–Trinajstić information content (AvgIpc) is 3.12. The minimum absolute atomic E-state index is 0.00649. The first-order valence-electron chi connectivity index (χ1n) is 6.60. The standard InChI is InChI=1S/C14H13BrN4OS2/c1-8(13(20)17-7-10-3-2-4-21-10)22-14-18-11-5-9(15)6-16-12(11)19-14/h2-6,8H,7H2,1H3,(H,17,20)(H,16,18,19)/t8-/m0/s1. The predicted octanol–water partition coefficient (Wildman–Crippen LogP) is 3.58. The van der Waals surface area contributed by atoms with Crippen molar-refractivity contribution in [2.75, 3.05) is 0 Å². The van der Waals surface area contributed by atoms with E-state index in [0.29, 0.717) is 17.3 Å². The molecule has 3 aromatic heterocycles. The highest BCUT2D eigenvalue weighted by Gasteiger charge is 2.16. The molecule has 0 aromatic carbocycles. The van der Waals surface area contributed by atoms with Gasteiger partial charge in [-0.05, 0) is 40.4 Å². The van der Waals surface area contributed by atoms with Crippen molar-refractivity contribution in [3.05, 3.63) is 39.1 Å². The molecule has 0 saturated heterocycles. The van der Waals surface area contributed by atoms with Gasteiger partial charge in [-0.3, -0.25) is 4.79 Å². The number of halogens is 1. The number of thiophene rings is 1.